The molecule has 2 N–H and O–H groups in total. The van der Waals surface area contributed by atoms with Gasteiger partial charge in [-0.2, -0.15) is 0 Å². The Morgan fingerprint density at radius 2 is 2.21 bits per heavy atom. The van der Waals surface area contributed by atoms with Crippen molar-refractivity contribution in [2.24, 2.45) is 0 Å². The smallest absolute Gasteiger partial charge is 0.250 e. The molecule has 4 nitrogen and oxygen atoms in total. The van der Waals surface area contributed by atoms with E-state index >= 15 is 0 Å². The summed E-state index contributed by atoms with van der Waals surface area (Å²) in [5.74, 6) is -0.112. The Hall–Kier alpha value is -1.55. The fourth-order valence-corrected chi connectivity index (χ4v) is 2.03. The molecule has 4 heteroatoms. The standard InChI is InChI=1S/C15H22N2O2/c1-15(2,3)19-10-14(18)17-12-6-7-13-11(9-12)5-4-8-16-13/h6-7,9,16H,4-5,8,10H2,1-3H3,(H,17,18). The van der Waals surface area contributed by atoms with Crippen LogP contribution in [-0.2, 0) is 16.0 Å². The van der Waals surface area contributed by atoms with Gasteiger partial charge in [-0.3, -0.25) is 4.79 Å². The van der Waals surface area contributed by atoms with Gasteiger partial charge in [-0.25, -0.2) is 0 Å². The number of aryl methyl sites for hydroxylation is 1. The van der Waals surface area contributed by atoms with Gasteiger partial charge in [0.15, 0.2) is 0 Å². The summed E-state index contributed by atoms with van der Waals surface area (Å²) in [6.07, 6.45) is 2.20. The van der Waals surface area contributed by atoms with Crippen LogP contribution in [0, 0.1) is 0 Å². The van der Waals surface area contributed by atoms with Crippen molar-refractivity contribution in [1.29, 1.82) is 0 Å². The molecule has 1 aliphatic heterocycles. The van der Waals surface area contributed by atoms with Crippen molar-refractivity contribution in [3.63, 3.8) is 0 Å². The van der Waals surface area contributed by atoms with Crippen molar-refractivity contribution in [3.8, 4) is 0 Å². The number of carbonyl (C=O) groups is 1. The van der Waals surface area contributed by atoms with E-state index in [4.69, 9.17) is 4.74 Å². The van der Waals surface area contributed by atoms with E-state index in [0.29, 0.717) is 0 Å². The largest absolute Gasteiger partial charge is 0.385 e. The molecule has 0 atom stereocenters. The first kappa shape index (κ1) is 13.9. The van der Waals surface area contributed by atoms with Gasteiger partial charge in [-0.15, -0.1) is 0 Å². The van der Waals surface area contributed by atoms with Crippen molar-refractivity contribution in [1.82, 2.24) is 0 Å². The lowest BCUT2D eigenvalue weighted by Gasteiger charge is -2.20. The maximum absolute atomic E-state index is 11.8. The topological polar surface area (TPSA) is 50.4 Å². The van der Waals surface area contributed by atoms with Crippen LogP contribution in [0.15, 0.2) is 18.2 Å². The fraction of sp³-hybridized carbons (Fsp3) is 0.533. The molecule has 1 amide bonds. The highest BCUT2D eigenvalue weighted by molar-refractivity contribution is 5.92. The highest BCUT2D eigenvalue weighted by Gasteiger charge is 2.14. The Balaban J connectivity index is 1.94. The first-order chi connectivity index (χ1) is 8.94. The van der Waals surface area contributed by atoms with Gasteiger partial charge in [-0.05, 0) is 57.4 Å². The number of amides is 1. The van der Waals surface area contributed by atoms with E-state index in [9.17, 15) is 4.79 Å². The van der Waals surface area contributed by atoms with Gasteiger partial charge in [0.2, 0.25) is 5.91 Å². The molecule has 19 heavy (non-hydrogen) atoms. The highest BCUT2D eigenvalue weighted by Crippen LogP contribution is 2.25. The SMILES string of the molecule is CC(C)(C)OCC(=O)Nc1ccc2c(c1)CCCN2. The molecule has 2 rings (SSSR count). The minimum Gasteiger partial charge on any atom is -0.385 e. The second-order valence-corrected chi connectivity index (χ2v) is 5.85. The van der Waals surface area contributed by atoms with Crippen molar-refractivity contribution in [3.05, 3.63) is 23.8 Å². The van der Waals surface area contributed by atoms with E-state index in [1.165, 1.54) is 11.3 Å². The molecular weight excluding hydrogens is 240 g/mol. The van der Waals surface area contributed by atoms with Gasteiger partial charge < -0.3 is 15.4 Å². The number of hydrogen-bond acceptors (Lipinski definition) is 3. The van der Waals surface area contributed by atoms with E-state index in [-0.39, 0.29) is 18.1 Å². The number of rotatable bonds is 3. The number of fused-ring (bicyclic) bond motifs is 1. The molecule has 104 valence electrons. The summed E-state index contributed by atoms with van der Waals surface area (Å²) in [6.45, 7) is 6.91. The Bertz CT molecular complexity index is 464. The molecule has 0 saturated heterocycles. The Labute approximate surface area is 114 Å². The predicted molar refractivity (Wildman–Crippen MR) is 77.6 cm³/mol. The van der Waals surface area contributed by atoms with Crippen LogP contribution in [-0.4, -0.2) is 24.7 Å². The Kier molecular flexibility index (Phi) is 4.10. The molecule has 0 unspecified atom stereocenters. The first-order valence-electron chi connectivity index (χ1n) is 6.75. The minimum atomic E-state index is -0.295. The van der Waals surface area contributed by atoms with Crippen LogP contribution in [0.3, 0.4) is 0 Å². The van der Waals surface area contributed by atoms with Gasteiger partial charge in [-0.1, -0.05) is 0 Å². The average Bonchev–Trinajstić information content (AvgIpc) is 2.35. The second-order valence-electron chi connectivity index (χ2n) is 5.85. The summed E-state index contributed by atoms with van der Waals surface area (Å²) < 4.78 is 5.45. The van der Waals surface area contributed by atoms with Crippen LogP contribution in [0.4, 0.5) is 11.4 Å². The van der Waals surface area contributed by atoms with E-state index < -0.39 is 0 Å². The van der Waals surface area contributed by atoms with Crippen molar-refractivity contribution in [2.45, 2.75) is 39.2 Å². The third kappa shape index (κ3) is 4.24. The number of ether oxygens (including phenoxy) is 1. The molecule has 0 bridgehead atoms. The monoisotopic (exact) mass is 262 g/mol. The zero-order valence-corrected chi connectivity index (χ0v) is 11.9. The Morgan fingerprint density at radius 3 is 2.95 bits per heavy atom. The summed E-state index contributed by atoms with van der Waals surface area (Å²) in [5, 5.41) is 6.22. The zero-order chi connectivity index (χ0) is 13.9. The molecule has 1 aromatic carbocycles. The number of hydrogen-bond donors (Lipinski definition) is 2. The number of anilines is 2. The maximum atomic E-state index is 11.8. The van der Waals surface area contributed by atoms with Gasteiger partial charge in [0.1, 0.15) is 6.61 Å². The first-order valence-corrected chi connectivity index (χ1v) is 6.75. The third-order valence-electron chi connectivity index (χ3n) is 2.96. The molecule has 0 fully saturated rings. The number of carbonyl (C=O) groups excluding carboxylic acids is 1. The lowest BCUT2D eigenvalue weighted by atomic mass is 10.0. The second kappa shape index (κ2) is 5.61. The van der Waals surface area contributed by atoms with E-state index in [1.54, 1.807) is 0 Å². The molecule has 1 aliphatic rings. The van der Waals surface area contributed by atoms with E-state index in [2.05, 4.69) is 10.6 Å². The maximum Gasteiger partial charge on any atom is 0.250 e. The average molecular weight is 262 g/mol. The Morgan fingerprint density at radius 1 is 1.42 bits per heavy atom. The molecule has 0 radical (unpaired) electrons. The van der Waals surface area contributed by atoms with Crippen molar-refractivity contribution >= 4 is 17.3 Å². The van der Waals surface area contributed by atoms with E-state index in [1.807, 2.05) is 39.0 Å². The molecule has 0 aliphatic carbocycles. The molecule has 0 aromatic heterocycles. The summed E-state index contributed by atoms with van der Waals surface area (Å²) in [5.41, 5.74) is 2.98. The summed E-state index contributed by atoms with van der Waals surface area (Å²) in [6, 6.07) is 5.98. The molecule has 0 saturated carbocycles. The summed E-state index contributed by atoms with van der Waals surface area (Å²) in [7, 11) is 0. The van der Waals surface area contributed by atoms with Crippen LogP contribution in [0.2, 0.25) is 0 Å². The quantitative estimate of drug-likeness (QED) is 0.880. The van der Waals surface area contributed by atoms with Crippen LogP contribution in [0.1, 0.15) is 32.8 Å². The van der Waals surface area contributed by atoms with Gasteiger partial charge in [0, 0.05) is 17.9 Å². The van der Waals surface area contributed by atoms with Crippen LogP contribution in [0.5, 0.6) is 0 Å². The van der Waals surface area contributed by atoms with Crippen LogP contribution in [0.25, 0.3) is 0 Å². The molecule has 1 aromatic rings. The normalized spacial score (nSPS) is 14.5. The predicted octanol–water partition coefficient (Wildman–Crippen LogP) is 2.80. The van der Waals surface area contributed by atoms with Crippen molar-refractivity contribution in [2.75, 3.05) is 23.8 Å². The van der Waals surface area contributed by atoms with Gasteiger partial charge >= 0.3 is 0 Å². The van der Waals surface area contributed by atoms with Gasteiger partial charge in [0.05, 0.1) is 5.60 Å². The zero-order valence-electron chi connectivity index (χ0n) is 11.9. The summed E-state index contributed by atoms with van der Waals surface area (Å²) in [4.78, 5) is 11.8. The minimum absolute atomic E-state index is 0.0822. The number of nitrogens with one attached hydrogen (secondary N) is 2. The van der Waals surface area contributed by atoms with Gasteiger partial charge in [0.25, 0.3) is 0 Å². The fourth-order valence-electron chi connectivity index (χ4n) is 2.03. The molecule has 1 heterocycles. The van der Waals surface area contributed by atoms with Crippen molar-refractivity contribution < 1.29 is 9.53 Å². The number of benzene rings is 1. The molecule has 0 spiro atoms. The third-order valence-corrected chi connectivity index (χ3v) is 2.96. The lowest BCUT2D eigenvalue weighted by molar-refractivity contribution is -0.125. The summed E-state index contributed by atoms with van der Waals surface area (Å²) >= 11 is 0. The lowest BCUT2D eigenvalue weighted by Crippen LogP contribution is -2.27. The van der Waals surface area contributed by atoms with Crippen LogP contribution < -0.4 is 10.6 Å². The molecular formula is C15H22N2O2. The van der Waals surface area contributed by atoms with Crippen LogP contribution >= 0.6 is 0 Å². The van der Waals surface area contributed by atoms with E-state index in [0.717, 1.165) is 25.1 Å². The highest BCUT2D eigenvalue weighted by atomic mass is 16.5.